The van der Waals surface area contributed by atoms with Crippen molar-refractivity contribution in [2.24, 2.45) is 0 Å². The van der Waals surface area contributed by atoms with E-state index in [1.54, 1.807) is 12.4 Å². The Bertz CT molecular complexity index is 312. The molecule has 1 rings (SSSR count). The molecule has 0 saturated carbocycles. The van der Waals surface area contributed by atoms with Gasteiger partial charge < -0.3 is 10.4 Å². The van der Waals surface area contributed by atoms with Gasteiger partial charge in [-0.3, -0.25) is 4.79 Å². The van der Waals surface area contributed by atoms with Crippen LogP contribution >= 0.6 is 11.3 Å². The Balaban J connectivity index is 2.47. The molecule has 1 amide bonds. The predicted molar refractivity (Wildman–Crippen MR) is 55.5 cm³/mol. The summed E-state index contributed by atoms with van der Waals surface area (Å²) in [6.07, 6.45) is 0.175. The largest absolute Gasteiger partial charge is 0.391 e. The van der Waals surface area contributed by atoms with Crippen LogP contribution < -0.4 is 5.32 Å². The van der Waals surface area contributed by atoms with Crippen molar-refractivity contribution in [3.63, 3.8) is 0 Å². The Morgan fingerprint density at radius 1 is 1.79 bits per heavy atom. The van der Waals surface area contributed by atoms with Crippen LogP contribution in [0.5, 0.6) is 0 Å². The second-order valence-electron chi connectivity index (χ2n) is 3.04. The van der Waals surface area contributed by atoms with E-state index < -0.39 is 6.10 Å². The molecule has 0 aliphatic heterocycles. The molecule has 0 aliphatic carbocycles. The summed E-state index contributed by atoms with van der Waals surface area (Å²) in [4.78, 5) is 16.1. The maximum atomic E-state index is 11.5. The Hall–Kier alpha value is -0.940. The highest BCUT2D eigenvalue weighted by atomic mass is 32.1. The van der Waals surface area contributed by atoms with E-state index in [9.17, 15) is 9.90 Å². The second-order valence-corrected chi connectivity index (χ2v) is 3.89. The summed E-state index contributed by atoms with van der Waals surface area (Å²) >= 11 is 1.31. The first kappa shape index (κ1) is 11.1. The molecule has 1 unspecified atom stereocenters. The summed E-state index contributed by atoms with van der Waals surface area (Å²) in [5.41, 5.74) is 2.37. The summed E-state index contributed by atoms with van der Waals surface area (Å²) < 4.78 is 0. The van der Waals surface area contributed by atoms with Gasteiger partial charge >= 0.3 is 0 Å². The summed E-state index contributed by atoms with van der Waals surface area (Å²) in [5, 5.41) is 11.9. The number of aromatic nitrogens is 1. The van der Waals surface area contributed by atoms with Crippen LogP contribution in [-0.4, -0.2) is 28.6 Å². The molecule has 1 aromatic heterocycles. The average Bonchev–Trinajstić information content (AvgIpc) is 2.60. The van der Waals surface area contributed by atoms with Gasteiger partial charge in [-0.2, -0.15) is 0 Å². The molecular formula is C9H14N2O2S. The van der Waals surface area contributed by atoms with Crippen LogP contribution in [0.4, 0.5) is 0 Å². The smallest absolute Gasteiger partial charge is 0.263 e. The van der Waals surface area contributed by atoms with Crippen LogP contribution in [0.2, 0.25) is 0 Å². The van der Waals surface area contributed by atoms with Crippen LogP contribution in [0.1, 0.15) is 28.7 Å². The monoisotopic (exact) mass is 214 g/mol. The first-order chi connectivity index (χ1) is 6.65. The van der Waals surface area contributed by atoms with Crippen LogP contribution in [0.25, 0.3) is 0 Å². The molecule has 1 aromatic rings. The lowest BCUT2D eigenvalue weighted by molar-refractivity contribution is 0.0917. The van der Waals surface area contributed by atoms with Crippen molar-refractivity contribution in [2.45, 2.75) is 26.4 Å². The summed E-state index contributed by atoms with van der Waals surface area (Å²) in [7, 11) is 0. The molecular weight excluding hydrogens is 200 g/mol. The SMILES string of the molecule is CCC(O)CNC(=O)c1scnc1C. The van der Waals surface area contributed by atoms with Crippen molar-refractivity contribution in [1.82, 2.24) is 10.3 Å². The van der Waals surface area contributed by atoms with E-state index in [1.165, 1.54) is 11.3 Å². The summed E-state index contributed by atoms with van der Waals surface area (Å²) in [5.74, 6) is -0.155. The van der Waals surface area contributed by atoms with Crippen LogP contribution in [0.3, 0.4) is 0 Å². The molecule has 1 atom stereocenters. The Morgan fingerprint density at radius 2 is 2.50 bits per heavy atom. The lowest BCUT2D eigenvalue weighted by Crippen LogP contribution is -2.31. The molecule has 0 fully saturated rings. The fourth-order valence-corrected chi connectivity index (χ4v) is 1.67. The van der Waals surface area contributed by atoms with Gasteiger partial charge in [0.1, 0.15) is 4.88 Å². The van der Waals surface area contributed by atoms with E-state index in [0.717, 1.165) is 5.69 Å². The van der Waals surface area contributed by atoms with Gasteiger partial charge in [0.15, 0.2) is 0 Å². The van der Waals surface area contributed by atoms with E-state index in [0.29, 0.717) is 17.8 Å². The van der Waals surface area contributed by atoms with Gasteiger partial charge in [0.2, 0.25) is 0 Å². The zero-order valence-electron chi connectivity index (χ0n) is 8.28. The molecule has 5 heteroatoms. The highest BCUT2D eigenvalue weighted by Crippen LogP contribution is 2.11. The highest BCUT2D eigenvalue weighted by molar-refractivity contribution is 7.11. The number of thiazole rings is 1. The number of hydrogen-bond acceptors (Lipinski definition) is 4. The lowest BCUT2D eigenvalue weighted by atomic mass is 10.3. The number of aryl methyl sites for hydroxylation is 1. The van der Waals surface area contributed by atoms with Gasteiger partial charge in [-0.1, -0.05) is 6.92 Å². The van der Waals surface area contributed by atoms with Crippen LogP contribution in [-0.2, 0) is 0 Å². The van der Waals surface area contributed by atoms with Gasteiger partial charge in [0.25, 0.3) is 5.91 Å². The Morgan fingerprint density at radius 3 is 3.00 bits per heavy atom. The maximum Gasteiger partial charge on any atom is 0.263 e. The topological polar surface area (TPSA) is 62.2 Å². The van der Waals surface area contributed by atoms with E-state index >= 15 is 0 Å². The van der Waals surface area contributed by atoms with Crippen molar-refractivity contribution in [2.75, 3.05) is 6.54 Å². The van der Waals surface area contributed by atoms with Gasteiger partial charge in [0.05, 0.1) is 17.3 Å². The van der Waals surface area contributed by atoms with Crippen molar-refractivity contribution >= 4 is 17.2 Å². The normalized spacial score (nSPS) is 12.5. The molecule has 78 valence electrons. The minimum Gasteiger partial charge on any atom is -0.391 e. The fraction of sp³-hybridized carbons (Fsp3) is 0.556. The van der Waals surface area contributed by atoms with E-state index in [2.05, 4.69) is 10.3 Å². The first-order valence-corrected chi connectivity index (χ1v) is 5.39. The molecule has 0 bridgehead atoms. The maximum absolute atomic E-state index is 11.5. The minimum absolute atomic E-state index is 0.155. The van der Waals surface area contributed by atoms with Crippen molar-refractivity contribution in [3.05, 3.63) is 16.1 Å². The molecule has 0 aliphatic rings. The third-order valence-electron chi connectivity index (χ3n) is 1.92. The molecule has 1 heterocycles. The molecule has 0 aromatic carbocycles. The number of carbonyl (C=O) groups excluding carboxylic acids is 1. The molecule has 0 spiro atoms. The number of aliphatic hydroxyl groups is 1. The van der Waals surface area contributed by atoms with Gasteiger partial charge in [-0.05, 0) is 13.3 Å². The highest BCUT2D eigenvalue weighted by Gasteiger charge is 2.12. The molecule has 14 heavy (non-hydrogen) atoms. The molecule has 0 radical (unpaired) electrons. The minimum atomic E-state index is -0.466. The predicted octanol–water partition coefficient (Wildman–Crippen LogP) is 0.952. The number of nitrogens with zero attached hydrogens (tertiary/aromatic N) is 1. The molecule has 2 N–H and O–H groups in total. The second kappa shape index (κ2) is 5.07. The lowest BCUT2D eigenvalue weighted by Gasteiger charge is -2.08. The molecule has 0 saturated heterocycles. The summed E-state index contributed by atoms with van der Waals surface area (Å²) in [6, 6.07) is 0. The zero-order chi connectivity index (χ0) is 10.6. The van der Waals surface area contributed by atoms with Gasteiger partial charge in [-0.15, -0.1) is 11.3 Å². The fourth-order valence-electron chi connectivity index (χ4n) is 0.955. The number of aliphatic hydroxyl groups excluding tert-OH is 1. The Kier molecular flexibility index (Phi) is 4.03. The number of carbonyl (C=O) groups is 1. The van der Waals surface area contributed by atoms with E-state index in [-0.39, 0.29) is 5.91 Å². The number of hydrogen-bond donors (Lipinski definition) is 2. The third-order valence-corrected chi connectivity index (χ3v) is 2.85. The van der Waals surface area contributed by atoms with Gasteiger partial charge in [-0.25, -0.2) is 4.98 Å². The number of nitrogens with one attached hydrogen (secondary N) is 1. The van der Waals surface area contributed by atoms with E-state index in [1.807, 2.05) is 6.92 Å². The van der Waals surface area contributed by atoms with Crippen molar-refractivity contribution < 1.29 is 9.90 Å². The van der Waals surface area contributed by atoms with Crippen LogP contribution in [0, 0.1) is 6.92 Å². The Labute approximate surface area is 87.0 Å². The summed E-state index contributed by atoms with van der Waals surface area (Å²) in [6.45, 7) is 3.96. The standard InChI is InChI=1S/C9H14N2O2S/c1-3-7(12)4-10-9(13)8-6(2)11-5-14-8/h5,7,12H,3-4H2,1-2H3,(H,10,13). The first-order valence-electron chi connectivity index (χ1n) is 4.51. The average molecular weight is 214 g/mol. The number of rotatable bonds is 4. The zero-order valence-corrected chi connectivity index (χ0v) is 9.10. The van der Waals surface area contributed by atoms with E-state index in [4.69, 9.17) is 0 Å². The third kappa shape index (κ3) is 2.78. The molecule has 4 nitrogen and oxygen atoms in total. The number of amides is 1. The quantitative estimate of drug-likeness (QED) is 0.784. The van der Waals surface area contributed by atoms with Crippen molar-refractivity contribution in [1.29, 1.82) is 0 Å². The van der Waals surface area contributed by atoms with Gasteiger partial charge in [0, 0.05) is 6.54 Å². The van der Waals surface area contributed by atoms with Crippen molar-refractivity contribution in [3.8, 4) is 0 Å². The van der Waals surface area contributed by atoms with Crippen LogP contribution in [0.15, 0.2) is 5.51 Å².